The number of thiazole rings is 1. The quantitative estimate of drug-likeness (QED) is 0.647. The zero-order chi connectivity index (χ0) is 7.40. The van der Waals surface area contributed by atoms with E-state index in [9.17, 15) is 0 Å². The molecule has 0 bridgehead atoms. The SMILES string of the molecule is CCc1ncsc1CC#N. The first-order valence-electron chi connectivity index (χ1n) is 3.16. The highest BCUT2D eigenvalue weighted by Gasteiger charge is 2.01. The summed E-state index contributed by atoms with van der Waals surface area (Å²) in [6.07, 6.45) is 1.44. The molecule has 1 heterocycles. The predicted molar refractivity (Wildman–Crippen MR) is 40.8 cm³/mol. The maximum atomic E-state index is 8.39. The van der Waals surface area contributed by atoms with Crippen LogP contribution in [-0.2, 0) is 12.8 Å². The van der Waals surface area contributed by atoms with Crippen molar-refractivity contribution in [1.82, 2.24) is 4.98 Å². The summed E-state index contributed by atoms with van der Waals surface area (Å²) >= 11 is 1.57. The number of hydrogen-bond donors (Lipinski definition) is 0. The Labute approximate surface area is 64.1 Å². The Morgan fingerprint density at radius 1 is 1.80 bits per heavy atom. The third kappa shape index (κ3) is 1.34. The van der Waals surface area contributed by atoms with Gasteiger partial charge in [-0.15, -0.1) is 11.3 Å². The van der Waals surface area contributed by atoms with Gasteiger partial charge in [-0.1, -0.05) is 6.92 Å². The van der Waals surface area contributed by atoms with Crippen LogP contribution in [0.15, 0.2) is 5.51 Å². The molecule has 1 aromatic heterocycles. The average Bonchev–Trinajstić information content (AvgIpc) is 2.36. The van der Waals surface area contributed by atoms with Gasteiger partial charge in [0.1, 0.15) is 0 Å². The molecule has 0 aliphatic rings. The summed E-state index contributed by atoms with van der Waals surface area (Å²) < 4.78 is 0. The molecule has 0 aliphatic carbocycles. The van der Waals surface area contributed by atoms with Gasteiger partial charge in [-0.05, 0) is 6.42 Å². The van der Waals surface area contributed by atoms with E-state index in [2.05, 4.69) is 18.0 Å². The highest BCUT2D eigenvalue weighted by Crippen LogP contribution is 2.13. The van der Waals surface area contributed by atoms with Gasteiger partial charge in [-0.2, -0.15) is 5.26 Å². The fourth-order valence-electron chi connectivity index (χ4n) is 0.798. The van der Waals surface area contributed by atoms with Gasteiger partial charge in [0, 0.05) is 4.88 Å². The first-order valence-corrected chi connectivity index (χ1v) is 4.04. The van der Waals surface area contributed by atoms with Crippen molar-refractivity contribution in [2.24, 2.45) is 0 Å². The fraction of sp³-hybridized carbons (Fsp3) is 0.429. The van der Waals surface area contributed by atoms with Gasteiger partial charge in [-0.3, -0.25) is 0 Å². The third-order valence-corrected chi connectivity index (χ3v) is 2.18. The second kappa shape index (κ2) is 3.33. The van der Waals surface area contributed by atoms with Crippen LogP contribution < -0.4 is 0 Å². The number of hydrogen-bond acceptors (Lipinski definition) is 3. The van der Waals surface area contributed by atoms with E-state index < -0.39 is 0 Å². The van der Waals surface area contributed by atoms with E-state index in [1.807, 2.05) is 0 Å². The van der Waals surface area contributed by atoms with Crippen molar-refractivity contribution in [3.8, 4) is 6.07 Å². The van der Waals surface area contributed by atoms with Gasteiger partial charge < -0.3 is 0 Å². The molecule has 0 saturated carbocycles. The summed E-state index contributed by atoms with van der Waals surface area (Å²) in [5, 5.41) is 8.39. The second-order valence-corrected chi connectivity index (χ2v) is 2.85. The van der Waals surface area contributed by atoms with Gasteiger partial charge >= 0.3 is 0 Å². The normalized spacial score (nSPS) is 9.20. The minimum atomic E-state index is 0.508. The summed E-state index contributed by atoms with van der Waals surface area (Å²) in [6.45, 7) is 2.05. The smallest absolute Gasteiger partial charge is 0.0798 e. The Kier molecular flexibility index (Phi) is 2.41. The lowest BCUT2D eigenvalue weighted by Gasteiger charge is -1.89. The molecule has 1 aromatic rings. The van der Waals surface area contributed by atoms with Crippen LogP contribution in [0.3, 0.4) is 0 Å². The van der Waals surface area contributed by atoms with Crippen LogP contribution in [0.4, 0.5) is 0 Å². The molecular formula is C7H8N2S. The molecule has 0 spiro atoms. The van der Waals surface area contributed by atoms with Gasteiger partial charge in [0.15, 0.2) is 0 Å². The maximum Gasteiger partial charge on any atom is 0.0798 e. The number of aromatic nitrogens is 1. The van der Waals surface area contributed by atoms with Crippen molar-refractivity contribution in [2.75, 3.05) is 0 Å². The summed E-state index contributed by atoms with van der Waals surface area (Å²) in [5.41, 5.74) is 2.87. The van der Waals surface area contributed by atoms with Crippen LogP contribution >= 0.6 is 11.3 Å². The molecular weight excluding hydrogens is 144 g/mol. The number of aryl methyl sites for hydroxylation is 1. The minimum Gasteiger partial charge on any atom is -0.249 e. The standard InChI is InChI=1S/C7H8N2S/c1-2-6-7(3-4-8)10-5-9-6/h5H,2-3H2,1H3. The van der Waals surface area contributed by atoms with Crippen molar-refractivity contribution >= 4 is 11.3 Å². The van der Waals surface area contributed by atoms with Crippen molar-refractivity contribution in [2.45, 2.75) is 19.8 Å². The molecule has 52 valence electrons. The molecule has 0 unspecified atom stereocenters. The second-order valence-electron chi connectivity index (χ2n) is 1.91. The van der Waals surface area contributed by atoms with Gasteiger partial charge in [0.05, 0.1) is 23.7 Å². The van der Waals surface area contributed by atoms with E-state index in [0.717, 1.165) is 17.0 Å². The minimum absolute atomic E-state index is 0.508. The number of rotatable bonds is 2. The Morgan fingerprint density at radius 2 is 2.60 bits per heavy atom. The van der Waals surface area contributed by atoms with E-state index in [4.69, 9.17) is 5.26 Å². The molecule has 2 nitrogen and oxygen atoms in total. The van der Waals surface area contributed by atoms with E-state index in [1.165, 1.54) is 0 Å². The lowest BCUT2D eigenvalue weighted by atomic mass is 10.2. The highest BCUT2D eigenvalue weighted by molar-refractivity contribution is 7.09. The predicted octanol–water partition coefficient (Wildman–Crippen LogP) is 1.77. The largest absolute Gasteiger partial charge is 0.249 e. The van der Waals surface area contributed by atoms with E-state index in [0.29, 0.717) is 6.42 Å². The number of nitrogens with zero attached hydrogens (tertiary/aromatic N) is 2. The van der Waals surface area contributed by atoms with Crippen LogP contribution in [0.1, 0.15) is 17.5 Å². The first kappa shape index (κ1) is 7.23. The van der Waals surface area contributed by atoms with Gasteiger partial charge in [0.2, 0.25) is 0 Å². The third-order valence-electron chi connectivity index (χ3n) is 1.30. The van der Waals surface area contributed by atoms with E-state index in [-0.39, 0.29) is 0 Å². The first-order chi connectivity index (χ1) is 4.88. The van der Waals surface area contributed by atoms with Crippen LogP contribution in [0.2, 0.25) is 0 Å². The molecule has 0 saturated heterocycles. The average molecular weight is 152 g/mol. The molecule has 0 fully saturated rings. The molecule has 10 heavy (non-hydrogen) atoms. The monoisotopic (exact) mass is 152 g/mol. The molecule has 0 aliphatic heterocycles. The number of nitriles is 1. The van der Waals surface area contributed by atoms with Crippen LogP contribution in [-0.4, -0.2) is 4.98 Å². The maximum absolute atomic E-state index is 8.39. The fourth-order valence-corrected chi connectivity index (χ4v) is 1.59. The summed E-state index contributed by atoms with van der Waals surface area (Å²) in [5.74, 6) is 0. The lowest BCUT2D eigenvalue weighted by Crippen LogP contribution is -1.85. The topological polar surface area (TPSA) is 36.7 Å². The summed E-state index contributed by atoms with van der Waals surface area (Å²) in [7, 11) is 0. The van der Waals surface area contributed by atoms with Crippen molar-refractivity contribution in [3.05, 3.63) is 16.1 Å². The molecule has 0 radical (unpaired) electrons. The van der Waals surface area contributed by atoms with Crippen molar-refractivity contribution < 1.29 is 0 Å². The molecule has 0 aromatic carbocycles. The van der Waals surface area contributed by atoms with Crippen molar-refractivity contribution in [1.29, 1.82) is 5.26 Å². The Morgan fingerprint density at radius 3 is 3.20 bits per heavy atom. The van der Waals surface area contributed by atoms with E-state index >= 15 is 0 Å². The van der Waals surface area contributed by atoms with Gasteiger partial charge in [0.25, 0.3) is 0 Å². The summed E-state index contributed by atoms with van der Waals surface area (Å²) in [4.78, 5) is 5.24. The van der Waals surface area contributed by atoms with Gasteiger partial charge in [-0.25, -0.2) is 4.98 Å². The molecule has 0 N–H and O–H groups in total. The van der Waals surface area contributed by atoms with E-state index in [1.54, 1.807) is 16.8 Å². The Balaban J connectivity index is 2.82. The van der Waals surface area contributed by atoms with Crippen molar-refractivity contribution in [3.63, 3.8) is 0 Å². The molecule has 3 heteroatoms. The zero-order valence-electron chi connectivity index (χ0n) is 5.79. The van der Waals surface area contributed by atoms with Crippen LogP contribution in [0.25, 0.3) is 0 Å². The van der Waals surface area contributed by atoms with Crippen LogP contribution in [0.5, 0.6) is 0 Å². The zero-order valence-corrected chi connectivity index (χ0v) is 6.61. The van der Waals surface area contributed by atoms with Crippen LogP contribution in [0, 0.1) is 11.3 Å². The molecule has 1 rings (SSSR count). The highest BCUT2D eigenvalue weighted by atomic mass is 32.1. The Bertz CT molecular complexity index is 246. The summed E-state index contributed by atoms with van der Waals surface area (Å²) in [6, 6.07) is 2.12. The molecule has 0 atom stereocenters. The molecule has 0 amide bonds. The lowest BCUT2D eigenvalue weighted by molar-refractivity contribution is 1.03. The Hall–Kier alpha value is -0.880.